The number of halogens is 1. The number of rotatable bonds is 3. The van der Waals surface area contributed by atoms with Crippen molar-refractivity contribution in [2.45, 2.75) is 12.5 Å². The van der Waals surface area contributed by atoms with Gasteiger partial charge in [0, 0.05) is 29.1 Å². The summed E-state index contributed by atoms with van der Waals surface area (Å²) in [6, 6.07) is 11.7. The van der Waals surface area contributed by atoms with Crippen LogP contribution in [0.5, 0.6) is 11.5 Å². The van der Waals surface area contributed by atoms with Crippen molar-refractivity contribution in [2.24, 2.45) is 5.73 Å². The van der Waals surface area contributed by atoms with E-state index in [-0.39, 0.29) is 6.10 Å². The van der Waals surface area contributed by atoms with Gasteiger partial charge in [0.15, 0.2) is 0 Å². The van der Waals surface area contributed by atoms with E-state index in [0.29, 0.717) is 11.6 Å². The number of hydrogen-bond donors (Lipinski definition) is 1. The molecular formula is C16H16ClNO2. The van der Waals surface area contributed by atoms with Crippen LogP contribution in [0.3, 0.4) is 0 Å². The number of nitrogens with two attached hydrogens (primary N) is 1. The van der Waals surface area contributed by atoms with E-state index in [1.165, 1.54) is 0 Å². The molecule has 0 saturated heterocycles. The summed E-state index contributed by atoms with van der Waals surface area (Å²) in [6.07, 6.45) is 0.825. The fourth-order valence-corrected chi connectivity index (χ4v) is 2.83. The molecule has 0 amide bonds. The summed E-state index contributed by atoms with van der Waals surface area (Å²) in [4.78, 5) is 0. The minimum absolute atomic E-state index is 0.0249. The van der Waals surface area contributed by atoms with Gasteiger partial charge in [0.1, 0.15) is 17.6 Å². The molecule has 0 fully saturated rings. The molecule has 2 aromatic rings. The Bertz CT molecular complexity index is 642. The van der Waals surface area contributed by atoms with Crippen molar-refractivity contribution in [1.29, 1.82) is 0 Å². The Labute approximate surface area is 123 Å². The molecule has 0 spiro atoms. The zero-order chi connectivity index (χ0) is 14.1. The van der Waals surface area contributed by atoms with Gasteiger partial charge in [-0.1, -0.05) is 29.8 Å². The van der Waals surface area contributed by atoms with Crippen LogP contribution in [0.2, 0.25) is 5.02 Å². The molecule has 2 aromatic carbocycles. The third kappa shape index (κ3) is 2.23. The van der Waals surface area contributed by atoms with E-state index >= 15 is 0 Å². The van der Waals surface area contributed by atoms with Crippen LogP contribution in [0, 0.1) is 0 Å². The van der Waals surface area contributed by atoms with Crippen molar-refractivity contribution < 1.29 is 9.47 Å². The Morgan fingerprint density at radius 1 is 1.30 bits per heavy atom. The Balaban J connectivity index is 2.16. The predicted octanol–water partition coefficient (Wildman–Crippen LogP) is 3.28. The highest BCUT2D eigenvalue weighted by Crippen LogP contribution is 2.43. The molecule has 1 heterocycles. The van der Waals surface area contributed by atoms with E-state index in [9.17, 15) is 0 Å². The van der Waals surface area contributed by atoms with Crippen LogP contribution in [-0.2, 0) is 6.42 Å². The van der Waals surface area contributed by atoms with Crippen LogP contribution < -0.4 is 15.2 Å². The van der Waals surface area contributed by atoms with E-state index in [0.717, 1.165) is 34.6 Å². The number of benzene rings is 2. The van der Waals surface area contributed by atoms with Gasteiger partial charge in [-0.25, -0.2) is 0 Å². The lowest BCUT2D eigenvalue weighted by Gasteiger charge is -2.14. The van der Waals surface area contributed by atoms with Gasteiger partial charge in [0.05, 0.1) is 7.11 Å². The maximum atomic E-state index is 6.24. The molecule has 3 nitrogen and oxygen atoms in total. The standard InChI is InChI=1S/C16H16ClNO2/c1-19-15-5-3-2-4-13(15)14-8-11(17)6-10-7-12(9-18)20-16(10)14/h2-6,8,12H,7,9,18H2,1H3/t12-/m0/s1. The fourth-order valence-electron chi connectivity index (χ4n) is 2.59. The second-order valence-corrected chi connectivity index (χ2v) is 5.26. The zero-order valence-electron chi connectivity index (χ0n) is 11.2. The lowest BCUT2D eigenvalue weighted by Crippen LogP contribution is -2.24. The van der Waals surface area contributed by atoms with Gasteiger partial charge in [0.25, 0.3) is 0 Å². The summed E-state index contributed by atoms with van der Waals surface area (Å²) in [7, 11) is 1.66. The molecular weight excluding hydrogens is 274 g/mol. The molecule has 104 valence electrons. The van der Waals surface area contributed by atoms with E-state index in [1.807, 2.05) is 36.4 Å². The van der Waals surface area contributed by atoms with Crippen molar-refractivity contribution in [2.75, 3.05) is 13.7 Å². The lowest BCUT2D eigenvalue weighted by molar-refractivity contribution is 0.242. The first-order valence-electron chi connectivity index (χ1n) is 6.55. The normalized spacial score (nSPS) is 16.6. The predicted molar refractivity (Wildman–Crippen MR) is 80.6 cm³/mol. The molecule has 0 saturated carbocycles. The van der Waals surface area contributed by atoms with Gasteiger partial charge in [-0.05, 0) is 23.8 Å². The summed E-state index contributed by atoms with van der Waals surface area (Å²) >= 11 is 6.24. The van der Waals surface area contributed by atoms with Gasteiger partial charge in [-0.3, -0.25) is 0 Å². The van der Waals surface area contributed by atoms with Crippen LogP contribution in [0.1, 0.15) is 5.56 Å². The van der Waals surface area contributed by atoms with E-state index in [4.69, 9.17) is 26.8 Å². The second-order valence-electron chi connectivity index (χ2n) is 4.82. The second kappa shape index (κ2) is 5.35. The monoisotopic (exact) mass is 289 g/mol. The topological polar surface area (TPSA) is 44.5 Å². The minimum atomic E-state index is 0.0249. The molecule has 0 bridgehead atoms. The summed E-state index contributed by atoms with van der Waals surface area (Å²) < 4.78 is 11.4. The maximum Gasteiger partial charge on any atom is 0.131 e. The molecule has 0 aliphatic carbocycles. The van der Waals surface area contributed by atoms with E-state index < -0.39 is 0 Å². The summed E-state index contributed by atoms with van der Waals surface area (Å²) in [5.74, 6) is 1.67. The molecule has 20 heavy (non-hydrogen) atoms. The minimum Gasteiger partial charge on any atom is -0.496 e. The summed E-state index contributed by atoms with van der Waals surface area (Å²) in [5, 5.41) is 0.700. The van der Waals surface area contributed by atoms with Gasteiger partial charge in [-0.15, -0.1) is 0 Å². The number of methoxy groups -OCH3 is 1. The van der Waals surface area contributed by atoms with Gasteiger partial charge >= 0.3 is 0 Å². The van der Waals surface area contributed by atoms with E-state index in [1.54, 1.807) is 7.11 Å². The smallest absolute Gasteiger partial charge is 0.131 e. The Morgan fingerprint density at radius 2 is 2.10 bits per heavy atom. The van der Waals surface area contributed by atoms with Crippen molar-refractivity contribution in [3.8, 4) is 22.6 Å². The van der Waals surface area contributed by atoms with Gasteiger partial charge in [0.2, 0.25) is 0 Å². The largest absolute Gasteiger partial charge is 0.496 e. The average molecular weight is 290 g/mol. The molecule has 0 unspecified atom stereocenters. The Hall–Kier alpha value is -1.71. The lowest BCUT2D eigenvalue weighted by atomic mass is 10.00. The highest BCUT2D eigenvalue weighted by atomic mass is 35.5. The zero-order valence-corrected chi connectivity index (χ0v) is 12.0. The molecule has 1 atom stereocenters. The van der Waals surface area contributed by atoms with Crippen LogP contribution in [0.4, 0.5) is 0 Å². The van der Waals surface area contributed by atoms with Crippen molar-refractivity contribution >= 4 is 11.6 Å². The van der Waals surface area contributed by atoms with Crippen LogP contribution in [0.25, 0.3) is 11.1 Å². The first kappa shape index (κ1) is 13.3. The van der Waals surface area contributed by atoms with Crippen LogP contribution >= 0.6 is 11.6 Å². The molecule has 1 aliphatic heterocycles. The van der Waals surface area contributed by atoms with Crippen molar-refractivity contribution in [1.82, 2.24) is 0 Å². The third-order valence-electron chi connectivity index (χ3n) is 3.52. The molecule has 3 rings (SSSR count). The molecule has 0 aromatic heterocycles. The van der Waals surface area contributed by atoms with Gasteiger partial charge < -0.3 is 15.2 Å². The highest BCUT2D eigenvalue weighted by molar-refractivity contribution is 6.31. The maximum absolute atomic E-state index is 6.24. The first-order chi connectivity index (χ1) is 9.72. The Morgan fingerprint density at radius 3 is 2.85 bits per heavy atom. The molecule has 1 aliphatic rings. The average Bonchev–Trinajstić information content (AvgIpc) is 2.89. The van der Waals surface area contributed by atoms with Crippen LogP contribution in [-0.4, -0.2) is 19.8 Å². The van der Waals surface area contributed by atoms with Crippen LogP contribution in [0.15, 0.2) is 36.4 Å². The highest BCUT2D eigenvalue weighted by Gasteiger charge is 2.26. The molecule has 4 heteroatoms. The van der Waals surface area contributed by atoms with E-state index in [2.05, 4.69) is 0 Å². The number of para-hydroxylation sites is 1. The number of hydrogen-bond acceptors (Lipinski definition) is 3. The SMILES string of the molecule is COc1ccccc1-c1cc(Cl)cc2c1O[C@H](CN)C2. The number of fused-ring (bicyclic) bond motifs is 1. The summed E-state index contributed by atoms with van der Waals surface area (Å²) in [5.41, 5.74) is 8.76. The van der Waals surface area contributed by atoms with Crippen molar-refractivity contribution in [3.63, 3.8) is 0 Å². The summed E-state index contributed by atoms with van der Waals surface area (Å²) in [6.45, 7) is 0.498. The number of ether oxygens (including phenoxy) is 2. The molecule has 2 N–H and O–H groups in total. The first-order valence-corrected chi connectivity index (χ1v) is 6.93. The molecule has 0 radical (unpaired) electrons. The Kier molecular flexibility index (Phi) is 3.55. The third-order valence-corrected chi connectivity index (χ3v) is 3.74. The fraction of sp³-hybridized carbons (Fsp3) is 0.250. The quantitative estimate of drug-likeness (QED) is 0.943. The van der Waals surface area contributed by atoms with Crippen molar-refractivity contribution in [3.05, 3.63) is 47.0 Å². The van der Waals surface area contributed by atoms with Gasteiger partial charge in [-0.2, -0.15) is 0 Å².